The van der Waals surface area contributed by atoms with Gasteiger partial charge in [-0.25, -0.2) is 0 Å². The number of nitrogens with one attached hydrogen (secondary N) is 2. The number of hydrogen-bond donors (Lipinski definition) is 3. The summed E-state index contributed by atoms with van der Waals surface area (Å²) in [5.41, 5.74) is 0. The number of fused-ring (bicyclic) bond motifs is 7. The molecule has 0 aliphatic carbocycles. The Hall–Kier alpha value is -1.52. The number of aliphatic hydroxyl groups is 1. The van der Waals surface area contributed by atoms with Crippen molar-refractivity contribution in [1.29, 1.82) is 0 Å². The summed E-state index contributed by atoms with van der Waals surface area (Å²) in [6.07, 6.45) is 2.71. The Morgan fingerprint density at radius 3 is 2.59 bits per heavy atom. The van der Waals surface area contributed by atoms with Gasteiger partial charge >= 0.3 is 5.97 Å². The molecule has 10 heteroatoms. The maximum atomic E-state index is 13.1. The smallest absolute Gasteiger partial charge is 0.309 e. The van der Waals surface area contributed by atoms with Crippen molar-refractivity contribution in [2.75, 3.05) is 11.5 Å². The lowest BCUT2D eigenvalue weighted by atomic mass is 9.92. The van der Waals surface area contributed by atoms with Crippen molar-refractivity contribution in [2.24, 2.45) is 11.8 Å². The van der Waals surface area contributed by atoms with Crippen LogP contribution in [0.1, 0.15) is 52.9 Å². The van der Waals surface area contributed by atoms with Crippen LogP contribution in [0.2, 0.25) is 0 Å². The maximum absolute atomic E-state index is 13.1. The summed E-state index contributed by atoms with van der Waals surface area (Å²) in [4.78, 5) is 50.9. The predicted molar refractivity (Wildman–Crippen MR) is 126 cm³/mol. The fourth-order valence-electron chi connectivity index (χ4n) is 3.58. The second kappa shape index (κ2) is 13.3. The third-order valence-corrected chi connectivity index (χ3v) is 8.17. The van der Waals surface area contributed by atoms with Crippen molar-refractivity contribution in [3.8, 4) is 0 Å². The van der Waals surface area contributed by atoms with Crippen molar-refractivity contribution >= 4 is 45.2 Å². The molecule has 180 valence electrons. The van der Waals surface area contributed by atoms with Crippen LogP contribution in [-0.2, 0) is 23.9 Å². The summed E-state index contributed by atoms with van der Waals surface area (Å²) < 4.78 is 5.50. The summed E-state index contributed by atoms with van der Waals surface area (Å²) in [6, 6.07) is -1.50. The van der Waals surface area contributed by atoms with E-state index in [4.69, 9.17) is 4.74 Å². The van der Waals surface area contributed by atoms with E-state index < -0.39 is 42.1 Å². The number of allylic oxidation sites excluding steroid dienone is 1. The molecule has 8 nitrogen and oxygen atoms in total. The van der Waals surface area contributed by atoms with Gasteiger partial charge in [0.1, 0.15) is 17.9 Å². The summed E-state index contributed by atoms with van der Waals surface area (Å²) >= 11 is 0. The lowest BCUT2D eigenvalue weighted by Crippen LogP contribution is -2.56. The summed E-state index contributed by atoms with van der Waals surface area (Å²) in [5.74, 6) is -1.24. The van der Waals surface area contributed by atoms with Gasteiger partial charge in [-0.2, -0.15) is 0 Å². The number of esters is 1. The molecule has 6 atom stereocenters. The number of rotatable bonds is 2. The highest BCUT2D eigenvalue weighted by molar-refractivity contribution is 8.76. The number of Topliss-reactive ketones (excluding diaryl/α,β-unsaturated/α-hetero) is 1. The first kappa shape index (κ1) is 26.7. The highest BCUT2D eigenvalue weighted by Crippen LogP contribution is 2.24. The lowest BCUT2D eigenvalue weighted by molar-refractivity contribution is -0.151. The third-order valence-electron chi connectivity index (χ3n) is 5.72. The summed E-state index contributed by atoms with van der Waals surface area (Å²) in [5, 5.41) is 16.4. The largest absolute Gasteiger partial charge is 0.458 e. The van der Waals surface area contributed by atoms with E-state index in [-0.39, 0.29) is 36.9 Å². The Morgan fingerprint density at radius 2 is 1.88 bits per heavy atom. The number of aliphatic hydroxyl groups excluding tert-OH is 1. The number of ketones is 1. The van der Waals surface area contributed by atoms with Crippen LogP contribution in [0.3, 0.4) is 0 Å². The van der Waals surface area contributed by atoms with Crippen LogP contribution in [0.4, 0.5) is 0 Å². The van der Waals surface area contributed by atoms with Crippen LogP contribution in [0.15, 0.2) is 12.2 Å². The Bertz CT molecular complexity index is 717. The van der Waals surface area contributed by atoms with Crippen molar-refractivity contribution in [3.05, 3.63) is 12.2 Å². The van der Waals surface area contributed by atoms with E-state index in [9.17, 15) is 24.3 Å². The first-order valence-electron chi connectivity index (χ1n) is 11.1. The van der Waals surface area contributed by atoms with E-state index >= 15 is 0 Å². The molecule has 2 heterocycles. The van der Waals surface area contributed by atoms with Crippen LogP contribution in [-0.4, -0.2) is 64.5 Å². The number of hydrogen-bond acceptors (Lipinski definition) is 8. The molecule has 0 spiro atoms. The van der Waals surface area contributed by atoms with Crippen LogP contribution in [0.25, 0.3) is 0 Å². The Labute approximate surface area is 197 Å². The van der Waals surface area contributed by atoms with Gasteiger partial charge in [0, 0.05) is 30.3 Å². The zero-order valence-corrected chi connectivity index (χ0v) is 20.5. The molecule has 0 aromatic heterocycles. The van der Waals surface area contributed by atoms with Gasteiger partial charge in [0.05, 0.1) is 18.6 Å². The first-order chi connectivity index (χ1) is 15.2. The minimum Gasteiger partial charge on any atom is -0.458 e. The maximum Gasteiger partial charge on any atom is 0.309 e. The van der Waals surface area contributed by atoms with Gasteiger partial charge in [-0.05, 0) is 18.4 Å². The van der Waals surface area contributed by atoms with Gasteiger partial charge in [-0.15, -0.1) is 0 Å². The van der Waals surface area contributed by atoms with E-state index in [2.05, 4.69) is 10.6 Å². The van der Waals surface area contributed by atoms with Gasteiger partial charge in [0.15, 0.2) is 0 Å². The van der Waals surface area contributed by atoms with Crippen LogP contribution >= 0.6 is 21.6 Å². The molecular formula is C22H34N2O6S2. The number of ether oxygens (including phenoxy) is 1. The topological polar surface area (TPSA) is 122 Å². The molecule has 0 radical (unpaired) electrons. The molecule has 1 saturated heterocycles. The van der Waals surface area contributed by atoms with E-state index in [1.807, 2.05) is 19.9 Å². The van der Waals surface area contributed by atoms with E-state index in [0.717, 1.165) is 5.75 Å². The highest BCUT2D eigenvalue weighted by Gasteiger charge is 2.33. The average molecular weight is 487 g/mol. The van der Waals surface area contributed by atoms with Crippen LogP contribution in [0, 0.1) is 11.8 Å². The molecule has 2 amide bonds. The molecule has 3 N–H and O–H groups in total. The zero-order chi connectivity index (χ0) is 23.7. The Balaban J connectivity index is 2.43. The Kier molecular flexibility index (Phi) is 11.1. The quantitative estimate of drug-likeness (QED) is 0.308. The molecule has 0 aromatic rings. The SMILES string of the molecule is CC[C@H](C)C1NC(=O)[C@H]2CSSCC/C=C/[C@H](CC(=O)C[C@H](C)C(=O)N2)OC(=O)C[C@@H]1O. The summed E-state index contributed by atoms with van der Waals surface area (Å²) in [7, 11) is 3.07. The van der Waals surface area contributed by atoms with Crippen LogP contribution < -0.4 is 10.6 Å². The molecule has 2 rings (SSSR count). The normalized spacial score (nSPS) is 33.6. The van der Waals surface area contributed by atoms with E-state index in [1.165, 1.54) is 10.8 Å². The van der Waals surface area contributed by atoms with E-state index in [1.54, 1.807) is 23.8 Å². The predicted octanol–water partition coefficient (Wildman–Crippen LogP) is 2.01. The molecule has 2 aliphatic rings. The van der Waals surface area contributed by atoms with Gasteiger partial charge < -0.3 is 20.5 Å². The van der Waals surface area contributed by atoms with Crippen molar-refractivity contribution < 1.29 is 29.0 Å². The fourth-order valence-corrected chi connectivity index (χ4v) is 5.73. The van der Waals surface area contributed by atoms with Gasteiger partial charge in [0.2, 0.25) is 11.8 Å². The molecule has 0 aromatic carbocycles. The molecule has 32 heavy (non-hydrogen) atoms. The second-order valence-corrected chi connectivity index (χ2v) is 11.1. The van der Waals surface area contributed by atoms with Gasteiger partial charge in [-0.1, -0.05) is 54.9 Å². The summed E-state index contributed by atoms with van der Waals surface area (Å²) in [6.45, 7) is 5.46. The monoisotopic (exact) mass is 486 g/mol. The molecule has 2 aliphatic heterocycles. The molecule has 2 bridgehead atoms. The minimum absolute atomic E-state index is 0.0118. The van der Waals surface area contributed by atoms with E-state index in [0.29, 0.717) is 18.6 Å². The molecule has 1 fully saturated rings. The van der Waals surface area contributed by atoms with Crippen molar-refractivity contribution in [3.63, 3.8) is 0 Å². The molecule has 0 saturated carbocycles. The minimum atomic E-state index is -1.16. The second-order valence-electron chi connectivity index (χ2n) is 8.45. The third kappa shape index (κ3) is 8.44. The van der Waals surface area contributed by atoms with Gasteiger partial charge in [0.25, 0.3) is 0 Å². The lowest BCUT2D eigenvalue weighted by Gasteiger charge is -2.30. The first-order valence-corrected chi connectivity index (χ1v) is 13.6. The average Bonchev–Trinajstić information content (AvgIpc) is 2.73. The van der Waals surface area contributed by atoms with Crippen molar-refractivity contribution in [1.82, 2.24) is 10.6 Å². The number of amides is 2. The van der Waals surface area contributed by atoms with Crippen molar-refractivity contribution in [2.45, 2.75) is 77.2 Å². The molecular weight excluding hydrogens is 452 g/mol. The number of carbonyl (C=O) groups is 4. The van der Waals surface area contributed by atoms with Crippen LogP contribution in [0.5, 0.6) is 0 Å². The zero-order valence-electron chi connectivity index (χ0n) is 18.9. The highest BCUT2D eigenvalue weighted by atomic mass is 33.1. The Morgan fingerprint density at radius 1 is 1.12 bits per heavy atom. The fraction of sp³-hybridized carbons (Fsp3) is 0.727. The number of carbonyl (C=O) groups excluding carboxylic acids is 4. The standard InChI is InChI=1S/C22H34N2O6S2/c1-4-13(2)20-18(26)11-19(27)30-16-7-5-6-8-31-32-12-17(22(29)24-20)23-21(28)14(3)9-15(25)10-16/h5,7,13-14,16-18,20,26H,4,6,8-12H2,1-3H3,(H,23,28)(H,24,29)/b7-5+/t13-,14-,16+,17+,18-,20?/m0/s1. The molecule has 1 unspecified atom stereocenters. The van der Waals surface area contributed by atoms with Gasteiger partial charge in [-0.3, -0.25) is 19.2 Å².